The Labute approximate surface area is 134 Å². The van der Waals surface area contributed by atoms with E-state index in [-0.39, 0.29) is 11.6 Å². The number of benzene rings is 1. The van der Waals surface area contributed by atoms with Gasteiger partial charge in [-0.1, -0.05) is 0 Å². The van der Waals surface area contributed by atoms with Crippen molar-refractivity contribution in [1.29, 1.82) is 0 Å². The van der Waals surface area contributed by atoms with E-state index in [0.717, 1.165) is 10.7 Å². The lowest BCUT2D eigenvalue weighted by Gasteiger charge is -2.07. The normalized spacial score (nSPS) is 11.8. The van der Waals surface area contributed by atoms with E-state index in [0.29, 0.717) is 17.0 Å². The second-order valence-electron chi connectivity index (χ2n) is 5.28. The van der Waals surface area contributed by atoms with Crippen LogP contribution >= 0.6 is 0 Å². The van der Waals surface area contributed by atoms with Crippen LogP contribution in [-0.4, -0.2) is 19.7 Å². The zero-order chi connectivity index (χ0) is 17.5. The second-order valence-corrected chi connectivity index (χ2v) is 5.28. The molecule has 0 spiro atoms. The SMILES string of the molecule is Cc1cc(C)nc(-n2nc(C(F)(F)F)cc2-c2ccc(F)cc2)n1. The molecule has 0 fully saturated rings. The van der Waals surface area contributed by atoms with Gasteiger partial charge in [-0.2, -0.15) is 23.0 Å². The van der Waals surface area contributed by atoms with Crippen LogP contribution in [-0.2, 0) is 6.18 Å². The van der Waals surface area contributed by atoms with E-state index in [4.69, 9.17) is 0 Å². The molecule has 3 aromatic rings. The molecule has 2 aromatic heterocycles. The van der Waals surface area contributed by atoms with Crippen LogP contribution in [0.15, 0.2) is 36.4 Å². The Hall–Kier alpha value is -2.77. The molecule has 124 valence electrons. The summed E-state index contributed by atoms with van der Waals surface area (Å²) in [6.45, 7) is 3.42. The molecule has 0 radical (unpaired) electrons. The van der Waals surface area contributed by atoms with Crippen molar-refractivity contribution < 1.29 is 17.6 Å². The molecule has 0 atom stereocenters. The van der Waals surface area contributed by atoms with Gasteiger partial charge in [0.05, 0.1) is 5.69 Å². The van der Waals surface area contributed by atoms with Crippen LogP contribution < -0.4 is 0 Å². The smallest absolute Gasteiger partial charge is 0.216 e. The lowest BCUT2D eigenvalue weighted by molar-refractivity contribution is -0.141. The molecule has 8 heteroatoms. The van der Waals surface area contributed by atoms with E-state index < -0.39 is 17.7 Å². The molecule has 0 N–H and O–H groups in total. The highest BCUT2D eigenvalue weighted by atomic mass is 19.4. The molecule has 2 heterocycles. The quantitative estimate of drug-likeness (QED) is 0.662. The first-order valence-corrected chi connectivity index (χ1v) is 7.00. The van der Waals surface area contributed by atoms with Crippen LogP contribution in [0.3, 0.4) is 0 Å². The molecule has 0 aliphatic carbocycles. The van der Waals surface area contributed by atoms with Crippen LogP contribution in [0.4, 0.5) is 17.6 Å². The minimum Gasteiger partial charge on any atom is -0.216 e. The van der Waals surface area contributed by atoms with Gasteiger partial charge < -0.3 is 0 Å². The van der Waals surface area contributed by atoms with Crippen molar-refractivity contribution in [2.45, 2.75) is 20.0 Å². The standard InChI is InChI=1S/C16H12F4N4/c1-9-7-10(2)22-15(21-9)24-13(8-14(23-24)16(18,19)20)11-3-5-12(17)6-4-11/h3-8H,1-2H3. The molecule has 0 aliphatic heterocycles. The number of halogens is 4. The highest BCUT2D eigenvalue weighted by Crippen LogP contribution is 2.32. The lowest BCUT2D eigenvalue weighted by Crippen LogP contribution is -2.10. The number of rotatable bonds is 2. The number of alkyl halides is 3. The molecule has 24 heavy (non-hydrogen) atoms. The summed E-state index contributed by atoms with van der Waals surface area (Å²) in [7, 11) is 0. The van der Waals surface area contributed by atoms with Crippen molar-refractivity contribution in [1.82, 2.24) is 19.7 Å². The maximum atomic E-state index is 13.1. The highest BCUT2D eigenvalue weighted by molar-refractivity contribution is 5.61. The molecule has 0 saturated carbocycles. The Kier molecular flexibility index (Phi) is 3.82. The monoisotopic (exact) mass is 336 g/mol. The minimum atomic E-state index is -4.61. The number of nitrogens with zero attached hydrogens (tertiary/aromatic N) is 4. The van der Waals surface area contributed by atoms with Crippen molar-refractivity contribution in [3.8, 4) is 17.2 Å². The molecule has 0 aliphatic rings. The molecule has 4 nitrogen and oxygen atoms in total. The van der Waals surface area contributed by atoms with E-state index in [1.807, 2.05) is 0 Å². The number of aromatic nitrogens is 4. The first-order valence-electron chi connectivity index (χ1n) is 7.00. The average molecular weight is 336 g/mol. The van der Waals surface area contributed by atoms with Gasteiger partial charge in [0.2, 0.25) is 0 Å². The number of aryl methyl sites for hydroxylation is 2. The first-order chi connectivity index (χ1) is 11.2. The Morgan fingerprint density at radius 3 is 2.04 bits per heavy atom. The fraction of sp³-hybridized carbons (Fsp3) is 0.188. The maximum Gasteiger partial charge on any atom is 0.435 e. The molecule has 0 saturated heterocycles. The molecule has 0 unspecified atom stereocenters. The van der Waals surface area contributed by atoms with Crippen LogP contribution in [0.1, 0.15) is 17.1 Å². The minimum absolute atomic E-state index is 0.0299. The lowest BCUT2D eigenvalue weighted by atomic mass is 10.1. The summed E-state index contributed by atoms with van der Waals surface area (Å²) in [4.78, 5) is 8.30. The van der Waals surface area contributed by atoms with E-state index in [1.54, 1.807) is 19.9 Å². The third-order valence-corrected chi connectivity index (χ3v) is 3.30. The molecule has 0 bridgehead atoms. The van der Waals surface area contributed by atoms with Gasteiger partial charge in [0, 0.05) is 17.0 Å². The summed E-state index contributed by atoms with van der Waals surface area (Å²) >= 11 is 0. The highest BCUT2D eigenvalue weighted by Gasteiger charge is 2.35. The Balaban J connectivity index is 2.23. The van der Waals surface area contributed by atoms with Crippen molar-refractivity contribution in [2.75, 3.05) is 0 Å². The summed E-state index contributed by atoms with van der Waals surface area (Å²) in [5.74, 6) is -0.453. The Morgan fingerprint density at radius 2 is 1.50 bits per heavy atom. The van der Waals surface area contributed by atoms with E-state index >= 15 is 0 Å². The topological polar surface area (TPSA) is 43.6 Å². The number of hydrogen-bond donors (Lipinski definition) is 0. The number of hydrogen-bond acceptors (Lipinski definition) is 3. The average Bonchev–Trinajstić information content (AvgIpc) is 2.92. The van der Waals surface area contributed by atoms with Gasteiger partial charge in [-0.05, 0) is 50.2 Å². The molecule has 3 rings (SSSR count). The van der Waals surface area contributed by atoms with Crippen molar-refractivity contribution in [2.24, 2.45) is 0 Å². The van der Waals surface area contributed by atoms with Crippen LogP contribution in [0.25, 0.3) is 17.2 Å². The molecular formula is C16H12F4N4. The fourth-order valence-electron chi connectivity index (χ4n) is 2.30. The zero-order valence-electron chi connectivity index (χ0n) is 12.8. The van der Waals surface area contributed by atoms with Gasteiger partial charge >= 0.3 is 6.18 Å². The summed E-state index contributed by atoms with van der Waals surface area (Å²) in [5, 5.41) is 3.61. The first kappa shape index (κ1) is 16.1. The van der Waals surface area contributed by atoms with Gasteiger partial charge in [0.1, 0.15) is 5.82 Å². The Bertz CT molecular complexity index is 862. The third-order valence-electron chi connectivity index (χ3n) is 3.30. The van der Waals surface area contributed by atoms with E-state index in [9.17, 15) is 17.6 Å². The second kappa shape index (κ2) is 5.70. The van der Waals surface area contributed by atoms with Crippen molar-refractivity contribution in [3.05, 3.63) is 59.3 Å². The van der Waals surface area contributed by atoms with Crippen LogP contribution in [0, 0.1) is 19.7 Å². The summed E-state index contributed by atoms with van der Waals surface area (Å²) < 4.78 is 53.3. The zero-order valence-corrected chi connectivity index (χ0v) is 12.8. The van der Waals surface area contributed by atoms with Crippen LogP contribution in [0.2, 0.25) is 0 Å². The van der Waals surface area contributed by atoms with E-state index in [2.05, 4.69) is 15.1 Å². The summed E-state index contributed by atoms with van der Waals surface area (Å²) in [6, 6.07) is 7.70. The van der Waals surface area contributed by atoms with Gasteiger partial charge in [-0.15, -0.1) is 0 Å². The Morgan fingerprint density at radius 1 is 0.917 bits per heavy atom. The fourth-order valence-corrected chi connectivity index (χ4v) is 2.30. The molecule has 1 aromatic carbocycles. The van der Waals surface area contributed by atoms with E-state index in [1.165, 1.54) is 24.3 Å². The van der Waals surface area contributed by atoms with Crippen LogP contribution in [0.5, 0.6) is 0 Å². The molecular weight excluding hydrogens is 324 g/mol. The van der Waals surface area contributed by atoms with Gasteiger partial charge in [0.15, 0.2) is 5.69 Å². The van der Waals surface area contributed by atoms with Crippen molar-refractivity contribution >= 4 is 0 Å². The predicted octanol–water partition coefficient (Wildman–Crippen LogP) is 4.10. The van der Waals surface area contributed by atoms with Gasteiger partial charge in [-0.3, -0.25) is 0 Å². The summed E-state index contributed by atoms with van der Waals surface area (Å²) in [5.41, 5.74) is 0.650. The van der Waals surface area contributed by atoms with Crippen molar-refractivity contribution in [3.63, 3.8) is 0 Å². The predicted molar refractivity (Wildman–Crippen MR) is 79.0 cm³/mol. The summed E-state index contributed by atoms with van der Waals surface area (Å²) in [6.07, 6.45) is -4.61. The third kappa shape index (κ3) is 3.12. The maximum absolute atomic E-state index is 13.1. The molecule has 0 amide bonds. The van der Waals surface area contributed by atoms with Gasteiger partial charge in [-0.25, -0.2) is 14.4 Å². The van der Waals surface area contributed by atoms with Gasteiger partial charge in [0.25, 0.3) is 5.95 Å². The largest absolute Gasteiger partial charge is 0.435 e.